The predicted molar refractivity (Wildman–Crippen MR) is 101 cm³/mol. The molecule has 200 valence electrons. The second-order valence-corrected chi connectivity index (χ2v) is 4.65. The van der Waals surface area contributed by atoms with Crippen molar-refractivity contribution >= 4 is 11.9 Å². The van der Waals surface area contributed by atoms with E-state index in [0.717, 1.165) is 25.9 Å². The number of carbonyl (C=O) groups excluding carboxylic acids is 2. The number of rotatable bonds is 2. The minimum Gasteiger partial charge on any atom is -0.693 e. The molecule has 2 aliphatic rings. The van der Waals surface area contributed by atoms with Gasteiger partial charge in [-0.1, -0.05) is 25.0 Å². The first-order chi connectivity index (χ1) is 12.8. The number of ether oxygens (including phenoxy) is 2. The molecule has 1 saturated heterocycles. The molecule has 2 aliphatic heterocycles. The molecule has 0 saturated carbocycles. The number of piperidine rings is 1. The summed E-state index contributed by atoms with van der Waals surface area (Å²) in [5, 5.41) is 20.5. The number of nitrogens with zero attached hydrogens (tertiary/aromatic N) is 5. The Labute approximate surface area is 216 Å². The van der Waals surface area contributed by atoms with Crippen LogP contribution < -0.4 is 0 Å². The van der Waals surface area contributed by atoms with Crippen LogP contribution in [0.15, 0.2) is 23.9 Å². The first-order valence-corrected chi connectivity index (χ1v) is 7.52. The van der Waals surface area contributed by atoms with Crippen molar-refractivity contribution in [3.8, 4) is 0 Å². The summed E-state index contributed by atoms with van der Waals surface area (Å²) in [7, 11) is 2.80. The van der Waals surface area contributed by atoms with Crippen molar-refractivity contribution in [3.63, 3.8) is 0 Å². The Morgan fingerprint density at radius 2 is 1.66 bits per heavy atom. The summed E-state index contributed by atoms with van der Waals surface area (Å²) in [6.07, 6.45) is 6.70. The number of hydrogen-bond donors (Lipinski definition) is 3. The Kier molecular flexibility index (Phi) is 50.5. The Hall–Kier alpha value is -1.83. The molecule has 0 aromatic carbocycles. The topological polar surface area (TPSA) is 267 Å². The van der Waals surface area contributed by atoms with Crippen molar-refractivity contribution in [2.24, 2.45) is 5.92 Å². The maximum absolute atomic E-state index is 10.9. The van der Waals surface area contributed by atoms with Gasteiger partial charge in [0.05, 0.1) is 25.7 Å². The van der Waals surface area contributed by atoms with Crippen molar-refractivity contribution < 1.29 is 91.2 Å². The zero-order valence-electron chi connectivity index (χ0n) is 17.0. The molecule has 0 spiro atoms. The van der Waals surface area contributed by atoms with Gasteiger partial charge in [0.1, 0.15) is 4.91 Å². The van der Waals surface area contributed by atoms with Crippen LogP contribution in [0.5, 0.6) is 0 Å². The summed E-state index contributed by atoms with van der Waals surface area (Å²) >= 11 is 0. The van der Waals surface area contributed by atoms with Crippen LogP contribution in [-0.2, 0) is 70.3 Å². The van der Waals surface area contributed by atoms with Crippen LogP contribution in [0, 0.1) is 16.4 Å². The van der Waals surface area contributed by atoms with E-state index in [-0.39, 0.29) is 80.7 Å². The molecule has 18 heteroatoms. The fourth-order valence-electron chi connectivity index (χ4n) is 1.83. The number of carbonyl (C=O) groups is 2. The Bertz CT molecular complexity index is 567. The van der Waals surface area contributed by atoms with E-state index in [1.165, 1.54) is 14.2 Å². The molecule has 7 N–H and O–H groups in total. The van der Waals surface area contributed by atoms with E-state index in [4.69, 9.17) is 26.4 Å². The SMILES string of the molecule is COC(=O)C1=CC[N-]C=C1.COC(=O)C1CC[N-]CC1.O.O=[N+](O)O.[Cu+].[Cu].[Cu].[N-]=[N+]=N.[NH2-]. The predicted octanol–water partition coefficient (Wildman–Crippen LogP) is 2.23. The van der Waals surface area contributed by atoms with Crippen LogP contribution >= 0.6 is 0 Å². The van der Waals surface area contributed by atoms with Gasteiger partial charge >= 0.3 is 34.1 Å². The molecule has 0 aromatic rings. The van der Waals surface area contributed by atoms with Crippen LogP contribution in [0.2, 0.25) is 0 Å². The average Bonchev–Trinajstić information content (AvgIpc) is 2.69. The molecule has 15 nitrogen and oxygen atoms in total. The van der Waals surface area contributed by atoms with E-state index in [2.05, 4.69) is 20.1 Å². The van der Waals surface area contributed by atoms with Gasteiger partial charge in [0.2, 0.25) is 0 Å². The molecule has 1 fully saturated rings. The normalized spacial score (nSPS) is 12.2. The van der Waals surface area contributed by atoms with Gasteiger partial charge < -0.3 is 31.7 Å². The fourth-order valence-corrected chi connectivity index (χ4v) is 1.83. The molecule has 32 heavy (non-hydrogen) atoms. The van der Waals surface area contributed by atoms with E-state index in [9.17, 15) is 9.59 Å². The smallest absolute Gasteiger partial charge is 0.693 e. The van der Waals surface area contributed by atoms with E-state index < -0.39 is 5.09 Å². The largest absolute Gasteiger partial charge is 1.00 e. The standard InChI is InChI=1S/C7H12NO2.C7H8NO2.3Cu.HN3.H2NO3.H2N.H2O/c2*1-10-7(9)6-2-4-8-5-3-6;;;;1-3-2;2-1(3)4;;/h6H,2-5H2,1H3;2-4H,5H2,1H3;;;;1H;(H2,2,3,4);2*1H2/q2*-1;;;+1;;+1;-1;. The zero-order valence-corrected chi connectivity index (χ0v) is 19.8. The third-order valence-corrected chi connectivity index (χ3v) is 3.00. The van der Waals surface area contributed by atoms with E-state index in [0.29, 0.717) is 12.1 Å². The number of nitrogens with two attached hydrogens (primary N) is 1. The molecule has 0 amide bonds. The molecule has 0 atom stereocenters. The van der Waals surface area contributed by atoms with Gasteiger partial charge in [0, 0.05) is 34.1 Å². The van der Waals surface area contributed by atoms with Crippen molar-refractivity contribution in [2.45, 2.75) is 12.8 Å². The fraction of sp³-hybridized carbons (Fsp3) is 0.571. The molecule has 2 rings (SSSR count). The Morgan fingerprint density at radius 3 is 1.97 bits per heavy atom. The Balaban J connectivity index is -0.0000000543. The number of esters is 2. The van der Waals surface area contributed by atoms with E-state index in [1.54, 1.807) is 23.3 Å². The molecular weight excluding hydrogens is 585 g/mol. The van der Waals surface area contributed by atoms with Crippen LogP contribution in [0.25, 0.3) is 27.2 Å². The van der Waals surface area contributed by atoms with Gasteiger partial charge in [-0.05, 0) is 10.4 Å². The summed E-state index contributed by atoms with van der Waals surface area (Å²) in [6.45, 7) is 2.21. The zero-order chi connectivity index (χ0) is 21.1. The second-order valence-electron chi connectivity index (χ2n) is 4.65. The summed E-state index contributed by atoms with van der Waals surface area (Å²) in [6, 6.07) is 0. The second kappa shape index (κ2) is 33.8. The molecule has 2 radical (unpaired) electrons. The number of nitrogens with one attached hydrogen (secondary N) is 1. The number of methoxy groups -OCH3 is 2. The first-order valence-electron chi connectivity index (χ1n) is 7.52. The van der Waals surface area contributed by atoms with E-state index >= 15 is 0 Å². The van der Waals surface area contributed by atoms with Gasteiger partial charge in [-0.15, -0.1) is 25.2 Å². The minimum atomic E-state index is -1.25. The molecule has 0 bridgehead atoms. The quantitative estimate of drug-likeness (QED) is 0.104. The first kappa shape index (κ1) is 47.8. The van der Waals surface area contributed by atoms with E-state index in [1.807, 2.05) is 0 Å². The number of hydrogen-bond acceptors (Lipinski definition) is 6. The summed E-state index contributed by atoms with van der Waals surface area (Å²) < 4.78 is 9.10. The van der Waals surface area contributed by atoms with Crippen molar-refractivity contribution in [2.75, 3.05) is 33.9 Å². The molecule has 0 unspecified atom stereocenters. The van der Waals surface area contributed by atoms with Gasteiger partial charge in [0.25, 0.3) is 0 Å². The summed E-state index contributed by atoms with van der Waals surface area (Å²) in [5.41, 5.74) is 12.8. The maximum Gasteiger partial charge on any atom is 1.00 e. The van der Waals surface area contributed by atoms with Crippen molar-refractivity contribution in [3.05, 3.63) is 56.1 Å². The molecule has 0 aromatic heterocycles. The van der Waals surface area contributed by atoms with Gasteiger partial charge in [0.15, 0.2) is 0 Å². The summed E-state index contributed by atoms with van der Waals surface area (Å²) in [4.78, 5) is 31.9. The van der Waals surface area contributed by atoms with Crippen molar-refractivity contribution in [1.82, 2.24) is 0 Å². The van der Waals surface area contributed by atoms with Crippen LogP contribution in [-0.4, -0.2) is 66.8 Å². The minimum absolute atomic E-state index is 0. The molecular formula is C14H27Cu3N7O8-. The monoisotopic (exact) mass is 610 g/mol. The molecule has 0 aliphatic carbocycles. The average molecular weight is 612 g/mol. The van der Waals surface area contributed by atoms with Gasteiger partial charge in [-0.25, -0.2) is 15.2 Å². The van der Waals surface area contributed by atoms with Gasteiger partial charge in [-0.3, -0.25) is 4.79 Å². The third-order valence-electron chi connectivity index (χ3n) is 3.00. The van der Waals surface area contributed by atoms with Crippen LogP contribution in [0.1, 0.15) is 12.8 Å². The van der Waals surface area contributed by atoms with Gasteiger partial charge in [-0.2, -0.15) is 6.20 Å². The third kappa shape index (κ3) is 30.4. The van der Waals surface area contributed by atoms with Crippen LogP contribution in [0.4, 0.5) is 0 Å². The summed E-state index contributed by atoms with van der Waals surface area (Å²) in [5.74, 6) is -0.261. The Morgan fingerprint density at radius 1 is 1.22 bits per heavy atom. The molecule has 2 heterocycles. The maximum atomic E-state index is 10.9. The van der Waals surface area contributed by atoms with Crippen LogP contribution in [0.3, 0.4) is 0 Å². The van der Waals surface area contributed by atoms with Crippen molar-refractivity contribution in [1.29, 1.82) is 5.53 Å².